The lowest BCUT2D eigenvalue weighted by atomic mass is 10.0. The second-order valence-electron chi connectivity index (χ2n) is 25.4. The molecule has 0 radical (unpaired) electrons. The van der Waals surface area contributed by atoms with E-state index in [9.17, 15) is 43.5 Å². The van der Waals surface area contributed by atoms with Crippen molar-refractivity contribution in [3.05, 3.63) is 109 Å². The van der Waals surface area contributed by atoms with E-state index in [1.54, 1.807) is 0 Å². The maximum atomic E-state index is 12.9. The molecule has 5 atom stereocenters. The van der Waals surface area contributed by atoms with Crippen LogP contribution >= 0.6 is 15.6 Å². The zero-order valence-corrected chi connectivity index (χ0v) is 62.8. The highest BCUT2D eigenvalue weighted by atomic mass is 31.2. The van der Waals surface area contributed by atoms with Gasteiger partial charge in [0.2, 0.25) is 0 Å². The Bertz CT molecular complexity index is 2200. The molecule has 0 aliphatic rings. The van der Waals surface area contributed by atoms with Crippen LogP contribution in [0.4, 0.5) is 0 Å². The van der Waals surface area contributed by atoms with Gasteiger partial charge < -0.3 is 34.2 Å². The average molecular weight is 1410 g/mol. The number of allylic oxidation sites excluding steroid dienone is 18. The Morgan fingerprint density at radius 1 is 0.299 bits per heavy atom. The van der Waals surface area contributed by atoms with Crippen molar-refractivity contribution in [2.45, 2.75) is 334 Å². The van der Waals surface area contributed by atoms with E-state index in [0.29, 0.717) is 19.3 Å². The highest BCUT2D eigenvalue weighted by molar-refractivity contribution is 7.47. The average Bonchev–Trinajstić information content (AvgIpc) is 2.81. The maximum Gasteiger partial charge on any atom is 0.472 e. The van der Waals surface area contributed by atoms with E-state index >= 15 is 0 Å². The fourth-order valence-electron chi connectivity index (χ4n) is 10.2. The van der Waals surface area contributed by atoms with Crippen LogP contribution in [0.5, 0.6) is 0 Å². The van der Waals surface area contributed by atoms with Crippen LogP contribution in [-0.2, 0) is 55.8 Å². The molecule has 18 heteroatoms. The summed E-state index contributed by atoms with van der Waals surface area (Å²) in [6, 6.07) is 0. The number of phosphoric acid groups is 2. The lowest BCUT2D eigenvalue weighted by molar-refractivity contribution is -0.161. The number of hydrogen-bond donors (Lipinski definition) is 4. The molecule has 0 amide bonds. The summed E-state index contributed by atoms with van der Waals surface area (Å²) in [6.45, 7) is 2.45. The zero-order chi connectivity index (χ0) is 70.9. The monoisotopic (exact) mass is 1400 g/mol. The Balaban J connectivity index is 4.39. The van der Waals surface area contributed by atoms with Gasteiger partial charge in [-0.2, -0.15) is 0 Å². The van der Waals surface area contributed by atoms with Gasteiger partial charge in [-0.3, -0.25) is 32.5 Å². The van der Waals surface area contributed by atoms with Crippen LogP contribution in [0.25, 0.3) is 0 Å². The molecule has 0 aromatic carbocycles. The van der Waals surface area contributed by atoms with Crippen LogP contribution in [0, 0.1) is 0 Å². The minimum Gasteiger partial charge on any atom is -0.463 e. The number of carbonyl (C=O) groups excluding carboxylic acids is 3. The summed E-state index contributed by atoms with van der Waals surface area (Å²) in [5.41, 5.74) is 0. The molecule has 0 heterocycles. The summed E-state index contributed by atoms with van der Waals surface area (Å²) in [5.74, 6) is -1.58. The predicted octanol–water partition coefficient (Wildman–Crippen LogP) is 22.0. The van der Waals surface area contributed by atoms with Crippen LogP contribution in [-0.4, -0.2) is 95.9 Å². The molecule has 0 aliphatic carbocycles. The van der Waals surface area contributed by atoms with Crippen LogP contribution in [0.15, 0.2) is 109 Å². The first-order valence-corrected chi connectivity index (χ1v) is 41.2. The van der Waals surface area contributed by atoms with Crippen LogP contribution in [0.3, 0.4) is 0 Å². The third-order valence-corrected chi connectivity index (χ3v) is 17.9. The molecule has 5 unspecified atom stereocenters. The van der Waals surface area contributed by atoms with Crippen LogP contribution in [0.1, 0.15) is 316 Å². The molecule has 0 rings (SSSR count). The number of carbonyl (C=O) groups is 3. The Labute approximate surface area is 590 Å². The van der Waals surface area contributed by atoms with Gasteiger partial charge in [0.1, 0.15) is 25.4 Å². The summed E-state index contributed by atoms with van der Waals surface area (Å²) < 4.78 is 61.0. The highest BCUT2D eigenvalue weighted by Crippen LogP contribution is 2.45. The number of hydrogen-bond acceptors (Lipinski definition) is 14. The molecule has 0 fully saturated rings. The van der Waals surface area contributed by atoms with Gasteiger partial charge >= 0.3 is 33.6 Å². The Kier molecular flexibility index (Phi) is 69.2. The molecular weight excluding hydrogens is 1270 g/mol. The molecule has 97 heavy (non-hydrogen) atoms. The van der Waals surface area contributed by atoms with E-state index in [0.717, 1.165) is 141 Å². The third kappa shape index (κ3) is 73.3. The topological polar surface area (TPSA) is 231 Å². The van der Waals surface area contributed by atoms with Crippen molar-refractivity contribution in [3.8, 4) is 0 Å². The molecule has 560 valence electrons. The van der Waals surface area contributed by atoms with Gasteiger partial charge in [-0.1, -0.05) is 304 Å². The lowest BCUT2D eigenvalue weighted by Crippen LogP contribution is -2.30. The molecule has 0 aliphatic heterocycles. The van der Waals surface area contributed by atoms with E-state index in [4.69, 9.17) is 32.3 Å². The smallest absolute Gasteiger partial charge is 0.463 e. The first-order chi connectivity index (χ1) is 47.2. The molecule has 0 saturated carbocycles. The van der Waals surface area contributed by atoms with Crippen molar-refractivity contribution < 1.29 is 75.8 Å². The number of esters is 3. The fraction of sp³-hybridized carbons (Fsp3) is 0.734. The Morgan fingerprint density at radius 3 is 0.866 bits per heavy atom. The number of unbranched alkanes of at least 4 members (excludes halogenated alkanes) is 31. The van der Waals surface area contributed by atoms with E-state index in [1.807, 2.05) is 0 Å². The van der Waals surface area contributed by atoms with Gasteiger partial charge in [-0.05, 0) is 103 Å². The first-order valence-electron chi connectivity index (χ1n) is 38.2. The van der Waals surface area contributed by atoms with Crippen molar-refractivity contribution in [2.75, 3.05) is 39.6 Å². The second kappa shape index (κ2) is 72.0. The predicted molar refractivity (Wildman–Crippen MR) is 399 cm³/mol. The largest absolute Gasteiger partial charge is 0.472 e. The minimum atomic E-state index is -4.92. The zero-order valence-electron chi connectivity index (χ0n) is 61.0. The first kappa shape index (κ1) is 93.2. The number of rotatable bonds is 72. The van der Waals surface area contributed by atoms with Crippen molar-refractivity contribution in [1.29, 1.82) is 0 Å². The van der Waals surface area contributed by atoms with Gasteiger partial charge in [-0.15, -0.1) is 0 Å². The fourth-order valence-corrected chi connectivity index (χ4v) is 11.8. The normalized spacial score (nSPS) is 14.7. The number of phosphoric ester groups is 2. The van der Waals surface area contributed by atoms with Crippen LogP contribution in [0.2, 0.25) is 0 Å². The summed E-state index contributed by atoms with van der Waals surface area (Å²) in [4.78, 5) is 58.5. The van der Waals surface area contributed by atoms with Gasteiger partial charge in [-0.25, -0.2) is 9.13 Å². The molecule has 0 saturated heterocycles. The SMILES string of the molecule is CC/C=C\C/C=C\C/C=C\C/C=C\C/C=C\CCCCCCCCCCCCCCCCCC(=O)OCC(O)COP(=O)(O)OCC(O)COP(=O)(O)OCC(COC(=O)CCCCCCCC/C=C\C/C=C\C/C=C\C/C=C\CC)OC(=O)CCCCCCCCCCCCC. The molecular formula is C79H138O16P2. The van der Waals surface area contributed by atoms with Crippen molar-refractivity contribution in [1.82, 2.24) is 0 Å². The Morgan fingerprint density at radius 2 is 0.546 bits per heavy atom. The van der Waals surface area contributed by atoms with Crippen molar-refractivity contribution >= 4 is 33.6 Å². The van der Waals surface area contributed by atoms with E-state index in [2.05, 4.69) is 130 Å². The highest BCUT2D eigenvalue weighted by Gasteiger charge is 2.29. The molecule has 0 spiro atoms. The van der Waals surface area contributed by atoms with Gasteiger partial charge in [0.05, 0.1) is 26.4 Å². The molecule has 4 N–H and O–H groups in total. The summed E-state index contributed by atoms with van der Waals surface area (Å²) in [7, 11) is -9.78. The summed E-state index contributed by atoms with van der Waals surface area (Å²) >= 11 is 0. The van der Waals surface area contributed by atoms with Gasteiger partial charge in [0.25, 0.3) is 0 Å². The minimum absolute atomic E-state index is 0.103. The summed E-state index contributed by atoms with van der Waals surface area (Å²) in [6.07, 6.45) is 83.0. The number of aliphatic hydroxyl groups is 2. The molecule has 0 bridgehead atoms. The standard InChI is InChI=1S/C79H138O16P2/c1-4-7-10-13-16-19-22-24-26-28-30-31-32-33-34-35-36-37-38-39-40-41-43-45-46-48-51-53-56-59-62-65-77(82)89-68-74(80)69-91-96(85,86)92-70-75(81)71-93-97(87,88)94-73-76(95-79(84)67-64-61-58-55-50-21-18-15-12-9-6-3)72-90-78(83)66-63-60-57-54-52-49-47-44-42-29-27-25-23-20-17-14-11-8-5-2/h7-8,10-11,16-17,19-20,24-27,30-31,33-34,42,44,74-76,80-81H,4-6,9,12-15,18,21-23,28-29,32,35-41,43,45-73H2,1-3H3,(H,85,86)(H,87,88)/b10-7-,11-8-,19-16-,20-17-,26-24-,27-25-,31-30-,34-33-,44-42-. The van der Waals surface area contributed by atoms with E-state index in [1.165, 1.54) is 116 Å². The molecule has 0 aromatic rings. The van der Waals surface area contributed by atoms with Gasteiger partial charge in [0, 0.05) is 19.3 Å². The second-order valence-corrected chi connectivity index (χ2v) is 28.3. The summed E-state index contributed by atoms with van der Waals surface area (Å²) in [5, 5.41) is 20.6. The number of ether oxygens (including phenoxy) is 3. The van der Waals surface area contributed by atoms with Crippen LogP contribution < -0.4 is 0 Å². The van der Waals surface area contributed by atoms with Gasteiger partial charge in [0.15, 0.2) is 6.10 Å². The third-order valence-electron chi connectivity index (χ3n) is 16.0. The lowest BCUT2D eigenvalue weighted by Gasteiger charge is -2.21. The van der Waals surface area contributed by atoms with E-state index < -0.39 is 91.5 Å². The van der Waals surface area contributed by atoms with E-state index in [-0.39, 0.29) is 19.3 Å². The molecule has 16 nitrogen and oxygen atoms in total. The molecule has 0 aromatic heterocycles. The quantitative estimate of drug-likeness (QED) is 0.0146. The number of aliphatic hydroxyl groups excluding tert-OH is 2. The van der Waals surface area contributed by atoms with Crippen molar-refractivity contribution in [3.63, 3.8) is 0 Å². The van der Waals surface area contributed by atoms with Crippen molar-refractivity contribution in [2.24, 2.45) is 0 Å². The Hall–Kier alpha value is -3.79. The maximum absolute atomic E-state index is 12.9.